The van der Waals surface area contributed by atoms with Gasteiger partial charge in [0.2, 0.25) is 0 Å². The first-order valence-electron chi connectivity index (χ1n) is 9.64. The summed E-state index contributed by atoms with van der Waals surface area (Å²) in [6.45, 7) is 6.26. The molecule has 2 aromatic carbocycles. The Morgan fingerprint density at radius 1 is 1.00 bits per heavy atom. The van der Waals surface area contributed by atoms with Gasteiger partial charge >= 0.3 is 0 Å². The van der Waals surface area contributed by atoms with Gasteiger partial charge in [-0.25, -0.2) is 8.42 Å². The van der Waals surface area contributed by atoms with E-state index in [4.69, 9.17) is 0 Å². The molecule has 1 N–H and O–H groups in total. The molecular formula is C22H29NO2S. The van der Waals surface area contributed by atoms with Crippen LogP contribution in [-0.4, -0.2) is 19.7 Å². The number of aryl methyl sites for hydroxylation is 1. The Bertz CT molecular complexity index is 843. The molecule has 26 heavy (non-hydrogen) atoms. The molecule has 3 nitrogen and oxygen atoms in total. The fourth-order valence-electron chi connectivity index (χ4n) is 3.95. The molecule has 2 aromatic rings. The smallest absolute Gasteiger partial charge is 0.183 e. The van der Waals surface area contributed by atoms with Crippen molar-refractivity contribution >= 4 is 9.84 Å². The monoisotopic (exact) mass is 371 g/mol. The van der Waals surface area contributed by atoms with Gasteiger partial charge in [0.15, 0.2) is 9.84 Å². The first-order chi connectivity index (χ1) is 12.5. The van der Waals surface area contributed by atoms with Crippen LogP contribution in [0.3, 0.4) is 0 Å². The van der Waals surface area contributed by atoms with E-state index in [9.17, 15) is 8.42 Å². The second-order valence-corrected chi connectivity index (χ2v) is 9.42. The highest BCUT2D eigenvalue weighted by Crippen LogP contribution is 2.37. The van der Waals surface area contributed by atoms with Crippen molar-refractivity contribution in [2.45, 2.75) is 68.7 Å². The lowest BCUT2D eigenvalue weighted by atomic mass is 9.95. The number of rotatable bonds is 5. The second kappa shape index (κ2) is 7.93. The van der Waals surface area contributed by atoms with E-state index in [1.807, 2.05) is 18.2 Å². The van der Waals surface area contributed by atoms with Gasteiger partial charge in [0.25, 0.3) is 0 Å². The minimum Gasteiger partial charge on any atom is -0.302 e. The van der Waals surface area contributed by atoms with Crippen molar-refractivity contribution in [3.8, 4) is 0 Å². The Kier molecular flexibility index (Phi) is 5.83. The zero-order chi connectivity index (χ0) is 18.7. The van der Waals surface area contributed by atoms with Crippen molar-refractivity contribution in [2.24, 2.45) is 0 Å². The SMILES string of the molecule is CCCC[C@@H]1[C@@H](CC)NC(c2ccc(C)cc2)c2ccccc2S1(=O)=O. The van der Waals surface area contributed by atoms with Gasteiger partial charge in [0, 0.05) is 6.04 Å². The molecule has 0 saturated heterocycles. The number of benzene rings is 2. The van der Waals surface area contributed by atoms with Gasteiger partial charge < -0.3 is 5.32 Å². The minimum atomic E-state index is -3.36. The molecular weight excluding hydrogens is 342 g/mol. The van der Waals surface area contributed by atoms with Crippen molar-refractivity contribution < 1.29 is 8.42 Å². The Labute approximate surface area is 157 Å². The van der Waals surface area contributed by atoms with Crippen LogP contribution in [0, 0.1) is 6.92 Å². The topological polar surface area (TPSA) is 46.2 Å². The standard InChI is InChI=1S/C22H29NO2S/c1-4-6-10-21-19(5-2)23-22(17-14-12-16(3)13-15-17)18-9-7-8-11-20(18)26(21,24)25/h7-9,11-15,19,21-23H,4-6,10H2,1-3H3/t19-,21-,22?/m1/s1. The van der Waals surface area contributed by atoms with E-state index >= 15 is 0 Å². The predicted octanol–water partition coefficient (Wildman–Crippen LogP) is 4.80. The van der Waals surface area contributed by atoms with Gasteiger partial charge in [-0.15, -0.1) is 0 Å². The van der Waals surface area contributed by atoms with Gasteiger partial charge in [-0.2, -0.15) is 0 Å². The van der Waals surface area contributed by atoms with E-state index in [0.717, 1.165) is 30.4 Å². The fraction of sp³-hybridized carbons (Fsp3) is 0.455. The van der Waals surface area contributed by atoms with E-state index in [-0.39, 0.29) is 17.3 Å². The Hall–Kier alpha value is -1.65. The lowest BCUT2D eigenvalue weighted by molar-refractivity contribution is 0.420. The lowest BCUT2D eigenvalue weighted by Crippen LogP contribution is -2.43. The Morgan fingerprint density at radius 2 is 1.69 bits per heavy atom. The molecule has 1 unspecified atom stereocenters. The maximum Gasteiger partial charge on any atom is 0.183 e. The molecule has 1 heterocycles. The van der Waals surface area contributed by atoms with Crippen LogP contribution >= 0.6 is 0 Å². The molecule has 3 rings (SSSR count). The average Bonchev–Trinajstić information content (AvgIpc) is 2.74. The van der Waals surface area contributed by atoms with Crippen molar-refractivity contribution in [1.82, 2.24) is 5.32 Å². The van der Waals surface area contributed by atoms with E-state index in [2.05, 4.69) is 50.4 Å². The first kappa shape index (κ1) is 19.1. The van der Waals surface area contributed by atoms with Crippen molar-refractivity contribution in [1.29, 1.82) is 0 Å². The van der Waals surface area contributed by atoms with Gasteiger partial charge in [0.05, 0.1) is 16.2 Å². The van der Waals surface area contributed by atoms with Gasteiger partial charge in [0.1, 0.15) is 0 Å². The first-order valence-corrected chi connectivity index (χ1v) is 11.2. The van der Waals surface area contributed by atoms with Crippen molar-refractivity contribution in [3.05, 3.63) is 65.2 Å². The Balaban J connectivity index is 2.15. The summed E-state index contributed by atoms with van der Waals surface area (Å²) in [5.74, 6) is 0. The molecule has 0 radical (unpaired) electrons. The van der Waals surface area contributed by atoms with Gasteiger partial charge in [-0.05, 0) is 37.0 Å². The number of unbranched alkanes of at least 4 members (excludes halogenated alkanes) is 1. The van der Waals surface area contributed by atoms with Crippen LogP contribution in [-0.2, 0) is 9.84 Å². The van der Waals surface area contributed by atoms with Crippen LogP contribution in [0.4, 0.5) is 0 Å². The Morgan fingerprint density at radius 3 is 2.35 bits per heavy atom. The third-order valence-corrected chi connectivity index (χ3v) is 7.80. The summed E-state index contributed by atoms with van der Waals surface area (Å²) in [5.41, 5.74) is 3.19. The summed E-state index contributed by atoms with van der Waals surface area (Å²) < 4.78 is 27.0. The minimum absolute atomic E-state index is 0.0507. The largest absolute Gasteiger partial charge is 0.302 e. The molecule has 0 spiro atoms. The summed E-state index contributed by atoms with van der Waals surface area (Å²) in [5, 5.41) is 3.32. The molecule has 1 aliphatic rings. The summed E-state index contributed by atoms with van der Waals surface area (Å²) in [6, 6.07) is 15.8. The van der Waals surface area contributed by atoms with Crippen LogP contribution < -0.4 is 5.32 Å². The summed E-state index contributed by atoms with van der Waals surface area (Å²) in [4.78, 5) is 0.495. The predicted molar refractivity (Wildman–Crippen MR) is 107 cm³/mol. The van der Waals surface area contributed by atoms with Crippen LogP contribution in [0.2, 0.25) is 0 Å². The van der Waals surface area contributed by atoms with Crippen molar-refractivity contribution in [3.63, 3.8) is 0 Å². The normalized spacial score (nSPS) is 24.7. The molecule has 0 aliphatic carbocycles. The fourth-order valence-corrected chi connectivity index (χ4v) is 6.24. The molecule has 0 saturated carbocycles. The van der Waals surface area contributed by atoms with E-state index in [1.165, 1.54) is 5.56 Å². The molecule has 0 fully saturated rings. The van der Waals surface area contributed by atoms with Crippen LogP contribution in [0.1, 0.15) is 62.3 Å². The highest BCUT2D eigenvalue weighted by Gasteiger charge is 2.40. The average molecular weight is 372 g/mol. The van der Waals surface area contributed by atoms with Gasteiger partial charge in [-0.3, -0.25) is 0 Å². The summed E-state index contributed by atoms with van der Waals surface area (Å²) >= 11 is 0. The molecule has 0 aromatic heterocycles. The second-order valence-electron chi connectivity index (χ2n) is 7.29. The highest BCUT2D eigenvalue weighted by molar-refractivity contribution is 7.92. The maximum absolute atomic E-state index is 13.5. The molecule has 140 valence electrons. The number of hydrogen-bond donors (Lipinski definition) is 1. The third kappa shape index (κ3) is 3.58. The van der Waals surface area contributed by atoms with E-state index < -0.39 is 9.84 Å². The molecule has 0 amide bonds. The number of hydrogen-bond acceptors (Lipinski definition) is 3. The third-order valence-electron chi connectivity index (χ3n) is 5.46. The van der Waals surface area contributed by atoms with Crippen LogP contribution in [0.25, 0.3) is 0 Å². The maximum atomic E-state index is 13.5. The zero-order valence-electron chi connectivity index (χ0n) is 15.9. The summed E-state index contributed by atoms with van der Waals surface area (Å²) in [6.07, 6.45) is 3.44. The highest BCUT2D eigenvalue weighted by atomic mass is 32.2. The van der Waals surface area contributed by atoms with Crippen molar-refractivity contribution in [2.75, 3.05) is 0 Å². The zero-order valence-corrected chi connectivity index (χ0v) is 16.7. The number of fused-ring (bicyclic) bond motifs is 1. The summed E-state index contributed by atoms with van der Waals surface area (Å²) in [7, 11) is -3.36. The van der Waals surface area contributed by atoms with E-state index in [1.54, 1.807) is 6.07 Å². The van der Waals surface area contributed by atoms with Crippen LogP contribution in [0.15, 0.2) is 53.4 Å². The molecule has 4 heteroatoms. The number of sulfone groups is 1. The molecule has 3 atom stereocenters. The molecule has 0 bridgehead atoms. The number of nitrogens with one attached hydrogen (secondary N) is 1. The van der Waals surface area contributed by atoms with Gasteiger partial charge in [-0.1, -0.05) is 74.7 Å². The van der Waals surface area contributed by atoms with Crippen LogP contribution in [0.5, 0.6) is 0 Å². The van der Waals surface area contributed by atoms with E-state index in [0.29, 0.717) is 11.3 Å². The quantitative estimate of drug-likeness (QED) is 0.821. The molecule has 1 aliphatic heterocycles. The lowest BCUT2D eigenvalue weighted by Gasteiger charge is -2.27.